The van der Waals surface area contributed by atoms with E-state index in [4.69, 9.17) is 5.11 Å². The van der Waals surface area contributed by atoms with E-state index in [1.807, 2.05) is 31.5 Å². The number of pyridine rings is 1. The molecule has 0 saturated heterocycles. The smallest absolute Gasteiger partial charge is 0.143 e. The Balaban J connectivity index is 1.83. The third kappa shape index (κ3) is 1.80. The van der Waals surface area contributed by atoms with Gasteiger partial charge in [0, 0.05) is 18.0 Å². The molecule has 0 radical (unpaired) electrons. The Hall–Kier alpha value is -2.47. The summed E-state index contributed by atoms with van der Waals surface area (Å²) in [6.45, 7) is 1.95. The number of imidazole rings is 1. The van der Waals surface area contributed by atoms with Crippen molar-refractivity contribution in [3.05, 3.63) is 47.8 Å². The molecule has 0 amide bonds. The molecule has 106 valence electrons. The van der Waals surface area contributed by atoms with Crippen LogP contribution in [0.4, 0.5) is 0 Å². The minimum atomic E-state index is -0.0533. The number of rotatable bonds is 2. The highest BCUT2D eigenvalue weighted by Gasteiger charge is 2.31. The molecule has 0 aromatic carbocycles. The van der Waals surface area contributed by atoms with Gasteiger partial charge in [-0.1, -0.05) is 0 Å². The van der Waals surface area contributed by atoms with Crippen LogP contribution in [-0.4, -0.2) is 32.0 Å². The Morgan fingerprint density at radius 3 is 3.05 bits per heavy atom. The van der Waals surface area contributed by atoms with Crippen molar-refractivity contribution in [1.29, 1.82) is 0 Å². The van der Waals surface area contributed by atoms with Crippen LogP contribution in [0, 0.1) is 6.92 Å². The second-order valence-electron chi connectivity index (χ2n) is 5.20. The molecule has 2 unspecified atom stereocenters. The maximum Gasteiger partial charge on any atom is 0.143 e. The normalized spacial score (nSPS) is 22.0. The minimum absolute atomic E-state index is 0.0533. The van der Waals surface area contributed by atoms with Gasteiger partial charge in [0.05, 0.1) is 29.7 Å². The number of aliphatic hydroxyl groups is 1. The molecule has 0 aliphatic carbocycles. The quantitative estimate of drug-likeness (QED) is 0.866. The fourth-order valence-corrected chi connectivity index (χ4v) is 2.90. The number of aliphatic imine (C=N–C) groups is 1. The van der Waals surface area contributed by atoms with Crippen LogP contribution in [0.3, 0.4) is 0 Å². The molecule has 6 heteroatoms. The topological polar surface area (TPSA) is 75.3 Å². The van der Waals surface area contributed by atoms with Crippen LogP contribution in [0.5, 0.6) is 0 Å². The Morgan fingerprint density at radius 1 is 1.38 bits per heavy atom. The molecule has 2 aliphatic rings. The molecule has 2 aliphatic heterocycles. The van der Waals surface area contributed by atoms with Crippen molar-refractivity contribution in [3.63, 3.8) is 0 Å². The molecular weight excluding hydrogens is 266 g/mol. The molecule has 0 bridgehead atoms. The number of nitrogens with one attached hydrogen (secondary N) is 1. The van der Waals surface area contributed by atoms with Crippen LogP contribution >= 0.6 is 0 Å². The number of hydrogen-bond acceptors (Lipinski definition) is 5. The molecule has 2 N–H and O–H groups in total. The van der Waals surface area contributed by atoms with E-state index in [1.165, 1.54) is 0 Å². The van der Waals surface area contributed by atoms with Gasteiger partial charge in [-0.25, -0.2) is 4.98 Å². The van der Waals surface area contributed by atoms with Crippen molar-refractivity contribution in [2.75, 3.05) is 0 Å². The molecule has 0 spiro atoms. The zero-order chi connectivity index (χ0) is 14.4. The number of aromatic nitrogens is 3. The Bertz CT molecular complexity index is 744. The van der Waals surface area contributed by atoms with Crippen molar-refractivity contribution in [1.82, 2.24) is 19.9 Å². The second kappa shape index (κ2) is 4.53. The fraction of sp³-hybridized carbons (Fsp3) is 0.267. The SMILES string of the molecule is Cc1nc(-c2ccc(CO)nc2)c2n1C1C=CNC1N=C2. The van der Waals surface area contributed by atoms with Gasteiger partial charge in [-0.3, -0.25) is 9.98 Å². The first-order chi connectivity index (χ1) is 10.3. The molecule has 6 nitrogen and oxygen atoms in total. The predicted octanol–water partition coefficient (Wildman–Crippen LogP) is 1.16. The lowest BCUT2D eigenvalue weighted by Gasteiger charge is -2.24. The lowest BCUT2D eigenvalue weighted by atomic mass is 10.1. The summed E-state index contributed by atoms with van der Waals surface area (Å²) in [5.74, 6) is 0.959. The Kier molecular flexibility index (Phi) is 2.65. The van der Waals surface area contributed by atoms with Gasteiger partial charge < -0.3 is 15.0 Å². The summed E-state index contributed by atoms with van der Waals surface area (Å²) >= 11 is 0. The summed E-state index contributed by atoms with van der Waals surface area (Å²) in [5.41, 5.74) is 3.47. The van der Waals surface area contributed by atoms with E-state index in [-0.39, 0.29) is 18.8 Å². The van der Waals surface area contributed by atoms with E-state index in [0.717, 1.165) is 22.8 Å². The Labute approximate surface area is 121 Å². The second-order valence-corrected chi connectivity index (χ2v) is 5.20. The monoisotopic (exact) mass is 281 g/mol. The molecule has 2 aromatic rings. The zero-order valence-electron chi connectivity index (χ0n) is 11.6. The van der Waals surface area contributed by atoms with Gasteiger partial charge in [0.1, 0.15) is 12.0 Å². The maximum atomic E-state index is 9.08. The van der Waals surface area contributed by atoms with E-state index >= 15 is 0 Å². The summed E-state index contributed by atoms with van der Waals surface area (Å²) in [5, 5.41) is 12.3. The fourth-order valence-electron chi connectivity index (χ4n) is 2.90. The number of nitrogens with zero attached hydrogens (tertiary/aromatic N) is 4. The highest BCUT2D eigenvalue weighted by Crippen LogP contribution is 2.32. The third-order valence-corrected chi connectivity index (χ3v) is 3.92. The number of aliphatic hydroxyl groups excluding tert-OH is 1. The van der Waals surface area contributed by atoms with Crippen molar-refractivity contribution in [3.8, 4) is 11.3 Å². The predicted molar refractivity (Wildman–Crippen MR) is 78.8 cm³/mol. The molecule has 0 saturated carbocycles. The summed E-state index contributed by atoms with van der Waals surface area (Å²) in [6, 6.07) is 3.93. The maximum absolute atomic E-state index is 9.08. The average molecular weight is 281 g/mol. The molecule has 2 atom stereocenters. The van der Waals surface area contributed by atoms with Crippen molar-refractivity contribution < 1.29 is 5.11 Å². The van der Waals surface area contributed by atoms with Crippen molar-refractivity contribution in [2.45, 2.75) is 25.7 Å². The number of fused-ring (bicyclic) bond motifs is 3. The molecule has 4 rings (SSSR count). The standard InChI is InChI=1S/C15H15N5O/c1-9-19-14(10-2-3-11(8-21)17-6-10)13-7-18-15-12(20(9)13)4-5-16-15/h2-7,12,15-16,21H,8H2,1H3. The van der Waals surface area contributed by atoms with Crippen LogP contribution in [0.15, 0.2) is 35.6 Å². The zero-order valence-corrected chi connectivity index (χ0v) is 11.6. The average Bonchev–Trinajstić information content (AvgIpc) is 3.11. The first-order valence-corrected chi connectivity index (χ1v) is 6.89. The molecular formula is C15H15N5O. The van der Waals surface area contributed by atoms with Crippen LogP contribution in [0.1, 0.15) is 23.3 Å². The largest absolute Gasteiger partial charge is 0.390 e. The van der Waals surface area contributed by atoms with E-state index in [0.29, 0.717) is 5.69 Å². The highest BCUT2D eigenvalue weighted by molar-refractivity contribution is 5.88. The van der Waals surface area contributed by atoms with Gasteiger partial charge >= 0.3 is 0 Å². The van der Waals surface area contributed by atoms with Crippen LogP contribution < -0.4 is 5.32 Å². The lowest BCUT2D eigenvalue weighted by molar-refractivity contribution is 0.277. The highest BCUT2D eigenvalue weighted by atomic mass is 16.3. The van der Waals surface area contributed by atoms with Crippen LogP contribution in [0.2, 0.25) is 0 Å². The van der Waals surface area contributed by atoms with Gasteiger partial charge in [0.25, 0.3) is 0 Å². The van der Waals surface area contributed by atoms with Gasteiger partial charge in [-0.15, -0.1) is 0 Å². The van der Waals surface area contributed by atoms with Gasteiger partial charge in [0.2, 0.25) is 0 Å². The van der Waals surface area contributed by atoms with E-state index in [2.05, 4.69) is 30.9 Å². The summed E-state index contributed by atoms with van der Waals surface area (Å²) in [4.78, 5) is 13.5. The van der Waals surface area contributed by atoms with Gasteiger partial charge in [-0.05, 0) is 31.3 Å². The van der Waals surface area contributed by atoms with Crippen molar-refractivity contribution >= 4 is 6.21 Å². The number of aryl methyl sites for hydroxylation is 1. The Morgan fingerprint density at radius 2 is 2.29 bits per heavy atom. The van der Waals surface area contributed by atoms with Gasteiger partial charge in [0.15, 0.2) is 0 Å². The van der Waals surface area contributed by atoms with E-state index < -0.39 is 0 Å². The van der Waals surface area contributed by atoms with E-state index in [9.17, 15) is 0 Å². The van der Waals surface area contributed by atoms with Crippen LogP contribution in [-0.2, 0) is 6.61 Å². The molecule has 2 aromatic heterocycles. The van der Waals surface area contributed by atoms with Crippen molar-refractivity contribution in [2.24, 2.45) is 4.99 Å². The van der Waals surface area contributed by atoms with Gasteiger partial charge in [-0.2, -0.15) is 0 Å². The molecule has 21 heavy (non-hydrogen) atoms. The summed E-state index contributed by atoms with van der Waals surface area (Å²) in [7, 11) is 0. The third-order valence-electron chi connectivity index (χ3n) is 3.92. The first kappa shape index (κ1) is 12.3. The van der Waals surface area contributed by atoms with Crippen LogP contribution in [0.25, 0.3) is 11.3 Å². The molecule has 4 heterocycles. The summed E-state index contributed by atoms with van der Waals surface area (Å²) < 4.78 is 2.20. The number of hydrogen-bond donors (Lipinski definition) is 2. The minimum Gasteiger partial charge on any atom is -0.390 e. The lowest BCUT2D eigenvalue weighted by Crippen LogP contribution is -2.31. The summed E-state index contributed by atoms with van der Waals surface area (Å²) in [6.07, 6.45) is 7.73. The first-order valence-electron chi connectivity index (χ1n) is 6.89. The molecule has 0 fully saturated rings. The van der Waals surface area contributed by atoms with E-state index in [1.54, 1.807) is 6.20 Å².